The van der Waals surface area contributed by atoms with E-state index in [9.17, 15) is 0 Å². The van der Waals surface area contributed by atoms with E-state index in [1.165, 1.54) is 26.1 Å². The fourth-order valence-electron chi connectivity index (χ4n) is 1.36. The minimum atomic E-state index is 0. The smallest absolute Gasteiger partial charge is 0.0223 e. The van der Waals surface area contributed by atoms with Gasteiger partial charge in [0.1, 0.15) is 0 Å². The molecule has 0 unspecified atom stereocenters. The largest absolute Gasteiger partial charge is 0.314 e. The lowest BCUT2D eigenvalue weighted by Crippen LogP contribution is -2.43. The summed E-state index contributed by atoms with van der Waals surface area (Å²) in [5, 5.41) is 3.34. The number of hydrogen-bond acceptors (Lipinski definition) is 2. The zero-order valence-corrected chi connectivity index (χ0v) is 10.2. The Kier molecular flexibility index (Phi) is 13.6. The molecular weight excluding hydrogens is 230 g/mol. The zero-order valence-electron chi connectivity index (χ0n) is 7.80. The van der Waals surface area contributed by atoms with Crippen LogP contribution in [0.1, 0.15) is 12.8 Å². The first kappa shape index (κ1) is 16.2. The molecule has 0 spiro atoms. The molecule has 5 heteroatoms. The highest BCUT2D eigenvalue weighted by Crippen LogP contribution is 1.97. The van der Waals surface area contributed by atoms with Crippen LogP contribution in [0.3, 0.4) is 0 Å². The van der Waals surface area contributed by atoms with Gasteiger partial charge in [-0.05, 0) is 19.4 Å². The van der Waals surface area contributed by atoms with Crippen molar-refractivity contribution in [3.05, 3.63) is 0 Å². The highest BCUT2D eigenvalue weighted by atomic mass is 35.5. The van der Waals surface area contributed by atoms with Crippen LogP contribution in [-0.4, -0.2) is 43.5 Å². The normalized spacial score (nSPS) is 17.3. The van der Waals surface area contributed by atoms with Gasteiger partial charge in [0, 0.05) is 32.1 Å². The van der Waals surface area contributed by atoms with E-state index in [0.717, 1.165) is 25.4 Å². The van der Waals surface area contributed by atoms with Crippen molar-refractivity contribution in [2.24, 2.45) is 0 Å². The van der Waals surface area contributed by atoms with Gasteiger partial charge in [-0.25, -0.2) is 0 Å². The minimum Gasteiger partial charge on any atom is -0.314 e. The number of rotatable bonds is 4. The maximum absolute atomic E-state index is 5.59. The number of alkyl halides is 1. The molecule has 0 saturated carbocycles. The molecule has 82 valence electrons. The summed E-state index contributed by atoms with van der Waals surface area (Å²) < 4.78 is 0. The Morgan fingerprint density at radius 3 is 2.23 bits per heavy atom. The number of unbranched alkanes of at least 4 members (excludes halogenated alkanes) is 1. The van der Waals surface area contributed by atoms with Gasteiger partial charge in [0.2, 0.25) is 0 Å². The highest BCUT2D eigenvalue weighted by molar-refractivity contribution is 6.17. The van der Waals surface area contributed by atoms with Crippen molar-refractivity contribution in [2.45, 2.75) is 12.8 Å². The number of halogens is 3. The third-order valence-electron chi connectivity index (χ3n) is 2.07. The lowest BCUT2D eigenvalue weighted by atomic mass is 10.3. The van der Waals surface area contributed by atoms with Gasteiger partial charge in [0.15, 0.2) is 0 Å². The first-order chi connectivity index (χ1) is 5.43. The molecule has 1 aliphatic rings. The molecule has 1 fully saturated rings. The molecule has 1 aliphatic heterocycles. The molecule has 0 atom stereocenters. The van der Waals surface area contributed by atoms with Gasteiger partial charge < -0.3 is 10.2 Å². The average molecular weight is 250 g/mol. The second kappa shape index (κ2) is 10.9. The van der Waals surface area contributed by atoms with Crippen LogP contribution in [0.2, 0.25) is 0 Å². The van der Waals surface area contributed by atoms with Crippen molar-refractivity contribution in [3.63, 3.8) is 0 Å². The second-order valence-corrected chi connectivity index (χ2v) is 3.37. The van der Waals surface area contributed by atoms with Crippen LogP contribution in [0, 0.1) is 0 Å². The molecule has 13 heavy (non-hydrogen) atoms. The van der Waals surface area contributed by atoms with Crippen LogP contribution in [0.15, 0.2) is 0 Å². The van der Waals surface area contributed by atoms with Gasteiger partial charge in [-0.3, -0.25) is 0 Å². The molecule has 0 amide bonds. The molecule has 1 saturated heterocycles. The van der Waals surface area contributed by atoms with Crippen LogP contribution in [0.5, 0.6) is 0 Å². The third kappa shape index (κ3) is 7.83. The summed E-state index contributed by atoms with van der Waals surface area (Å²) in [7, 11) is 0. The maximum Gasteiger partial charge on any atom is 0.0223 e. The van der Waals surface area contributed by atoms with Gasteiger partial charge in [-0.2, -0.15) is 0 Å². The molecule has 0 aromatic carbocycles. The monoisotopic (exact) mass is 248 g/mol. The summed E-state index contributed by atoms with van der Waals surface area (Å²) in [6.07, 6.45) is 2.41. The Bertz CT molecular complexity index is 97.4. The van der Waals surface area contributed by atoms with E-state index in [4.69, 9.17) is 11.6 Å². The van der Waals surface area contributed by atoms with E-state index in [2.05, 4.69) is 10.2 Å². The predicted octanol–water partition coefficient (Wildman–Crippen LogP) is 1.75. The summed E-state index contributed by atoms with van der Waals surface area (Å²) in [6, 6.07) is 0. The Labute approximate surface area is 98.2 Å². The van der Waals surface area contributed by atoms with E-state index in [0.29, 0.717) is 0 Å². The van der Waals surface area contributed by atoms with Crippen molar-refractivity contribution in [2.75, 3.05) is 38.6 Å². The predicted molar refractivity (Wildman–Crippen MR) is 63.8 cm³/mol. The summed E-state index contributed by atoms with van der Waals surface area (Å²) in [4.78, 5) is 2.50. The van der Waals surface area contributed by atoms with Gasteiger partial charge in [0.05, 0.1) is 0 Å². The molecule has 1 heterocycles. The number of nitrogens with zero attached hydrogens (tertiary/aromatic N) is 1. The van der Waals surface area contributed by atoms with Crippen molar-refractivity contribution >= 4 is 36.4 Å². The van der Waals surface area contributed by atoms with Crippen LogP contribution in [0.25, 0.3) is 0 Å². The molecule has 0 bridgehead atoms. The third-order valence-corrected chi connectivity index (χ3v) is 2.33. The molecule has 0 radical (unpaired) electrons. The highest BCUT2D eigenvalue weighted by Gasteiger charge is 2.07. The summed E-state index contributed by atoms with van der Waals surface area (Å²) in [5.74, 6) is 0.812. The summed E-state index contributed by atoms with van der Waals surface area (Å²) >= 11 is 5.59. The van der Waals surface area contributed by atoms with Crippen LogP contribution >= 0.6 is 36.4 Å². The van der Waals surface area contributed by atoms with Crippen LogP contribution in [0.4, 0.5) is 0 Å². The van der Waals surface area contributed by atoms with Gasteiger partial charge in [0.25, 0.3) is 0 Å². The summed E-state index contributed by atoms with van der Waals surface area (Å²) in [6.45, 7) is 5.96. The lowest BCUT2D eigenvalue weighted by Gasteiger charge is -2.26. The van der Waals surface area contributed by atoms with Gasteiger partial charge >= 0.3 is 0 Å². The first-order valence-electron chi connectivity index (χ1n) is 4.42. The van der Waals surface area contributed by atoms with E-state index in [1.54, 1.807) is 0 Å². The van der Waals surface area contributed by atoms with Gasteiger partial charge in [-0.1, -0.05) is 0 Å². The standard InChI is InChI=1S/C8H17ClN2.2ClH/c9-3-1-2-6-11-7-4-10-5-8-11;;/h10H,1-8H2;2*1H. The maximum atomic E-state index is 5.59. The van der Waals surface area contributed by atoms with Gasteiger partial charge in [-0.15, -0.1) is 36.4 Å². The zero-order chi connectivity index (χ0) is 7.94. The van der Waals surface area contributed by atoms with E-state index in [1.807, 2.05) is 0 Å². The van der Waals surface area contributed by atoms with Crippen molar-refractivity contribution in [1.82, 2.24) is 10.2 Å². The van der Waals surface area contributed by atoms with Crippen molar-refractivity contribution < 1.29 is 0 Å². The molecule has 1 N–H and O–H groups in total. The number of nitrogens with one attached hydrogen (secondary N) is 1. The molecular formula is C8H19Cl3N2. The van der Waals surface area contributed by atoms with E-state index >= 15 is 0 Å². The SMILES string of the molecule is Cl.Cl.ClCCCCN1CCNCC1. The Morgan fingerprint density at radius 2 is 1.69 bits per heavy atom. The molecule has 0 aromatic rings. The average Bonchev–Trinajstić information content (AvgIpc) is 2.07. The first-order valence-corrected chi connectivity index (χ1v) is 4.96. The minimum absolute atomic E-state index is 0. The molecule has 0 aliphatic carbocycles. The van der Waals surface area contributed by atoms with Crippen molar-refractivity contribution in [1.29, 1.82) is 0 Å². The molecule has 0 aromatic heterocycles. The molecule has 1 rings (SSSR count). The Morgan fingerprint density at radius 1 is 1.08 bits per heavy atom. The number of piperazine rings is 1. The fourth-order valence-corrected chi connectivity index (χ4v) is 1.55. The Balaban J connectivity index is 0. The van der Waals surface area contributed by atoms with E-state index < -0.39 is 0 Å². The Hall–Kier alpha value is 0.790. The topological polar surface area (TPSA) is 15.3 Å². The number of hydrogen-bond donors (Lipinski definition) is 1. The van der Waals surface area contributed by atoms with E-state index in [-0.39, 0.29) is 24.8 Å². The lowest BCUT2D eigenvalue weighted by molar-refractivity contribution is 0.238. The summed E-state index contributed by atoms with van der Waals surface area (Å²) in [5.41, 5.74) is 0. The fraction of sp³-hybridized carbons (Fsp3) is 1.00. The van der Waals surface area contributed by atoms with Crippen LogP contribution < -0.4 is 5.32 Å². The quantitative estimate of drug-likeness (QED) is 0.603. The van der Waals surface area contributed by atoms with Crippen LogP contribution in [-0.2, 0) is 0 Å². The molecule has 2 nitrogen and oxygen atoms in total. The second-order valence-electron chi connectivity index (χ2n) is 2.99. The van der Waals surface area contributed by atoms with Crippen molar-refractivity contribution in [3.8, 4) is 0 Å².